The van der Waals surface area contributed by atoms with Gasteiger partial charge >= 0.3 is 6.61 Å². The van der Waals surface area contributed by atoms with E-state index in [1.807, 2.05) is 0 Å². The second kappa shape index (κ2) is 4.53. The lowest BCUT2D eigenvalue weighted by atomic mass is 10.2. The highest BCUT2D eigenvalue weighted by Gasteiger charge is 2.11. The van der Waals surface area contributed by atoms with Crippen LogP contribution in [0.15, 0.2) is 22.7 Å². The minimum atomic E-state index is -2.89. The monoisotopic (exact) mass is 252 g/mol. The molecule has 1 aromatic rings. The number of hydrogen-bond donors (Lipinski definition) is 1. The maximum absolute atomic E-state index is 11.9. The Kier molecular flexibility index (Phi) is 3.62. The lowest BCUT2D eigenvalue weighted by Gasteiger charge is -2.10. The van der Waals surface area contributed by atoms with Gasteiger partial charge in [0.05, 0.1) is 11.1 Å². The lowest BCUT2D eigenvalue weighted by molar-refractivity contribution is -0.0514. The average Bonchev–Trinajstić information content (AvgIpc) is 2.08. The van der Waals surface area contributed by atoms with Gasteiger partial charge in [0.25, 0.3) is 0 Å². The van der Waals surface area contributed by atoms with Crippen LogP contribution in [0, 0.1) is 0 Å². The van der Waals surface area contributed by atoms with Gasteiger partial charge in [-0.25, -0.2) is 0 Å². The fraction of sp³-hybridized carbons (Fsp3) is 0.250. The molecule has 0 aliphatic heterocycles. The van der Waals surface area contributed by atoms with E-state index in [0.29, 0.717) is 10.0 Å². The molecule has 1 aromatic carbocycles. The predicted molar refractivity (Wildman–Crippen MR) is 46.7 cm³/mol. The highest BCUT2D eigenvalue weighted by atomic mass is 79.9. The summed E-state index contributed by atoms with van der Waals surface area (Å²) in [5.74, 6) is -0.0139. The molecular formula is C8H7BrF2O2. The second-order valence-corrected chi connectivity index (χ2v) is 3.12. The number of halogens is 3. The van der Waals surface area contributed by atoms with Crippen molar-refractivity contribution in [3.05, 3.63) is 28.2 Å². The first-order valence-corrected chi connectivity index (χ1v) is 4.27. The third-order valence-corrected chi connectivity index (χ3v) is 2.05. The van der Waals surface area contributed by atoms with Crippen molar-refractivity contribution in [2.24, 2.45) is 0 Å². The number of aliphatic hydroxyl groups is 1. The Morgan fingerprint density at radius 3 is 2.69 bits per heavy atom. The first kappa shape index (κ1) is 10.4. The van der Waals surface area contributed by atoms with Gasteiger partial charge in [-0.15, -0.1) is 0 Å². The van der Waals surface area contributed by atoms with Crippen LogP contribution in [0.3, 0.4) is 0 Å². The maximum atomic E-state index is 11.9. The van der Waals surface area contributed by atoms with Crippen LogP contribution in [0.25, 0.3) is 0 Å². The number of rotatable bonds is 3. The number of para-hydroxylation sites is 1. The number of benzene rings is 1. The number of alkyl halides is 2. The van der Waals surface area contributed by atoms with Crippen molar-refractivity contribution in [3.8, 4) is 5.75 Å². The van der Waals surface area contributed by atoms with Gasteiger partial charge in [0.15, 0.2) is 0 Å². The number of hydrogen-bond acceptors (Lipinski definition) is 2. The Bertz CT molecular complexity index is 291. The van der Waals surface area contributed by atoms with Crippen molar-refractivity contribution in [1.82, 2.24) is 0 Å². The standard InChI is InChI=1S/C8H7BrF2O2/c9-6-3-1-2-5(4-12)7(6)13-8(10)11/h1-3,8,12H,4H2. The molecule has 0 heterocycles. The van der Waals surface area contributed by atoms with E-state index in [1.165, 1.54) is 6.07 Å². The van der Waals surface area contributed by atoms with Crippen molar-refractivity contribution in [2.45, 2.75) is 13.2 Å². The van der Waals surface area contributed by atoms with Gasteiger partial charge in [-0.05, 0) is 22.0 Å². The van der Waals surface area contributed by atoms with Crippen LogP contribution >= 0.6 is 15.9 Å². The van der Waals surface area contributed by atoms with Crippen LogP contribution in [-0.4, -0.2) is 11.7 Å². The summed E-state index contributed by atoms with van der Waals surface area (Å²) < 4.78 is 28.4. The van der Waals surface area contributed by atoms with Crippen LogP contribution in [0.2, 0.25) is 0 Å². The molecule has 0 saturated carbocycles. The SMILES string of the molecule is OCc1cccc(Br)c1OC(F)F. The Balaban J connectivity index is 3.00. The summed E-state index contributed by atoms with van der Waals surface area (Å²) in [7, 11) is 0. The van der Waals surface area contributed by atoms with E-state index in [1.54, 1.807) is 12.1 Å². The largest absolute Gasteiger partial charge is 0.433 e. The summed E-state index contributed by atoms with van der Waals surface area (Å²) in [6.07, 6.45) is 0. The van der Waals surface area contributed by atoms with Crippen LogP contribution < -0.4 is 4.74 Å². The minimum absolute atomic E-state index is 0.0139. The van der Waals surface area contributed by atoms with Crippen LogP contribution in [0.5, 0.6) is 5.75 Å². The highest BCUT2D eigenvalue weighted by Crippen LogP contribution is 2.30. The summed E-state index contributed by atoms with van der Waals surface area (Å²) in [5.41, 5.74) is 0.328. The molecule has 0 unspecified atom stereocenters. The van der Waals surface area contributed by atoms with E-state index in [4.69, 9.17) is 5.11 Å². The summed E-state index contributed by atoms with van der Waals surface area (Å²) >= 11 is 3.05. The van der Waals surface area contributed by atoms with Crippen LogP contribution in [0.4, 0.5) is 8.78 Å². The highest BCUT2D eigenvalue weighted by molar-refractivity contribution is 9.10. The van der Waals surface area contributed by atoms with Crippen molar-refractivity contribution in [1.29, 1.82) is 0 Å². The predicted octanol–water partition coefficient (Wildman–Crippen LogP) is 2.54. The molecule has 0 spiro atoms. The van der Waals surface area contributed by atoms with E-state index >= 15 is 0 Å². The molecule has 13 heavy (non-hydrogen) atoms. The van der Waals surface area contributed by atoms with E-state index in [-0.39, 0.29) is 12.4 Å². The van der Waals surface area contributed by atoms with Gasteiger partial charge in [0.2, 0.25) is 0 Å². The van der Waals surface area contributed by atoms with Crippen molar-refractivity contribution in [3.63, 3.8) is 0 Å². The molecule has 0 bridgehead atoms. The van der Waals surface area contributed by atoms with Crippen LogP contribution in [-0.2, 0) is 6.61 Å². The summed E-state index contributed by atoms with van der Waals surface area (Å²) in [4.78, 5) is 0. The van der Waals surface area contributed by atoms with Crippen molar-refractivity contribution in [2.75, 3.05) is 0 Å². The molecule has 2 nitrogen and oxygen atoms in total. The number of aliphatic hydroxyl groups excluding tert-OH is 1. The lowest BCUT2D eigenvalue weighted by Crippen LogP contribution is -2.05. The fourth-order valence-electron chi connectivity index (χ4n) is 0.899. The quantitative estimate of drug-likeness (QED) is 0.896. The van der Waals surface area contributed by atoms with Gasteiger partial charge in [0.1, 0.15) is 5.75 Å². The van der Waals surface area contributed by atoms with Gasteiger partial charge in [-0.2, -0.15) is 8.78 Å². The molecule has 0 aliphatic rings. The summed E-state index contributed by atoms with van der Waals surface area (Å²) in [6, 6.07) is 4.72. The Morgan fingerprint density at radius 1 is 1.46 bits per heavy atom. The smallest absolute Gasteiger partial charge is 0.387 e. The maximum Gasteiger partial charge on any atom is 0.387 e. The molecule has 0 saturated heterocycles. The Labute approximate surface area is 82.3 Å². The third kappa shape index (κ3) is 2.63. The second-order valence-electron chi connectivity index (χ2n) is 2.26. The van der Waals surface area contributed by atoms with E-state index in [0.717, 1.165) is 0 Å². The molecule has 0 fully saturated rings. The van der Waals surface area contributed by atoms with E-state index in [9.17, 15) is 8.78 Å². The van der Waals surface area contributed by atoms with E-state index in [2.05, 4.69) is 20.7 Å². The van der Waals surface area contributed by atoms with Gasteiger partial charge in [-0.1, -0.05) is 12.1 Å². The van der Waals surface area contributed by atoms with Gasteiger partial charge in [-0.3, -0.25) is 0 Å². The van der Waals surface area contributed by atoms with Crippen molar-refractivity contribution >= 4 is 15.9 Å². The average molecular weight is 253 g/mol. The van der Waals surface area contributed by atoms with Crippen molar-refractivity contribution < 1.29 is 18.6 Å². The topological polar surface area (TPSA) is 29.5 Å². The molecule has 5 heteroatoms. The minimum Gasteiger partial charge on any atom is -0.433 e. The first-order valence-electron chi connectivity index (χ1n) is 3.48. The molecule has 0 amide bonds. The Hall–Kier alpha value is -0.680. The normalized spacial score (nSPS) is 10.5. The molecular weight excluding hydrogens is 246 g/mol. The molecule has 0 atom stereocenters. The first-order chi connectivity index (χ1) is 6.15. The summed E-state index contributed by atoms with van der Waals surface area (Å²) in [5, 5.41) is 8.81. The molecule has 0 aliphatic carbocycles. The third-order valence-electron chi connectivity index (χ3n) is 1.43. The van der Waals surface area contributed by atoms with Crippen LogP contribution in [0.1, 0.15) is 5.56 Å². The van der Waals surface area contributed by atoms with Gasteiger partial charge in [0, 0.05) is 5.56 Å². The molecule has 72 valence electrons. The van der Waals surface area contributed by atoms with E-state index < -0.39 is 6.61 Å². The zero-order chi connectivity index (χ0) is 9.84. The molecule has 0 radical (unpaired) electrons. The molecule has 1 N–H and O–H groups in total. The Morgan fingerprint density at radius 2 is 2.15 bits per heavy atom. The molecule has 1 rings (SSSR count). The summed E-state index contributed by atoms with van der Waals surface area (Å²) in [6.45, 7) is -3.22. The fourth-order valence-corrected chi connectivity index (χ4v) is 1.40. The van der Waals surface area contributed by atoms with Gasteiger partial charge < -0.3 is 9.84 Å². The number of ether oxygens (including phenoxy) is 1. The zero-order valence-electron chi connectivity index (χ0n) is 6.51. The zero-order valence-corrected chi connectivity index (χ0v) is 8.09. The molecule has 0 aromatic heterocycles.